The van der Waals surface area contributed by atoms with E-state index in [0.29, 0.717) is 0 Å². The first-order chi connectivity index (χ1) is 8.61. The minimum Gasteiger partial charge on any atom is -0.491 e. The molecule has 0 fully saturated rings. The third kappa shape index (κ3) is 5.50. The highest BCUT2D eigenvalue weighted by atomic mass is 16.5. The molecular weight excluding hydrogens is 230 g/mol. The fourth-order valence-electron chi connectivity index (χ4n) is 1.34. The molecule has 4 heteroatoms. The number of aliphatic hydroxyl groups excluding tert-OH is 1. The van der Waals surface area contributed by atoms with Gasteiger partial charge in [0.1, 0.15) is 5.75 Å². The Kier molecular flexibility index (Phi) is 5.94. The zero-order chi connectivity index (χ0) is 13.4. The van der Waals surface area contributed by atoms with Crippen molar-refractivity contribution in [3.05, 3.63) is 35.9 Å². The van der Waals surface area contributed by atoms with Gasteiger partial charge in [-0.1, -0.05) is 12.1 Å². The molecular formula is C14H19NO3. The largest absolute Gasteiger partial charge is 0.491 e. The lowest BCUT2D eigenvalue weighted by Gasteiger charge is -2.09. The molecule has 0 radical (unpaired) electrons. The van der Waals surface area contributed by atoms with Crippen LogP contribution in [0.25, 0.3) is 6.08 Å². The van der Waals surface area contributed by atoms with Crippen LogP contribution in [-0.2, 0) is 4.79 Å². The van der Waals surface area contributed by atoms with Gasteiger partial charge in [0, 0.05) is 12.6 Å². The molecule has 0 aliphatic heterocycles. The van der Waals surface area contributed by atoms with E-state index in [-0.39, 0.29) is 25.2 Å². The molecule has 18 heavy (non-hydrogen) atoms. The molecule has 98 valence electrons. The van der Waals surface area contributed by atoms with Crippen LogP contribution < -0.4 is 10.1 Å². The number of rotatable bonds is 6. The Hall–Kier alpha value is -1.81. The summed E-state index contributed by atoms with van der Waals surface area (Å²) in [5.74, 6) is 0.596. The van der Waals surface area contributed by atoms with Crippen LogP contribution in [0.3, 0.4) is 0 Å². The van der Waals surface area contributed by atoms with Gasteiger partial charge >= 0.3 is 0 Å². The molecule has 1 rings (SSSR count). The van der Waals surface area contributed by atoms with Gasteiger partial charge in [0.05, 0.1) is 12.7 Å². The summed E-state index contributed by atoms with van der Waals surface area (Å²) in [5.41, 5.74) is 0.922. The second-order valence-corrected chi connectivity index (χ2v) is 4.08. The third-order valence-electron chi connectivity index (χ3n) is 2.09. The highest BCUT2D eigenvalue weighted by Gasteiger charge is 1.97. The summed E-state index contributed by atoms with van der Waals surface area (Å²) in [6.45, 7) is 4.16. The molecule has 1 amide bonds. The minimum atomic E-state index is -0.216. The van der Waals surface area contributed by atoms with Crippen LogP contribution in [0.2, 0.25) is 0 Å². The summed E-state index contributed by atoms with van der Waals surface area (Å²) in [7, 11) is 0. The first-order valence-corrected chi connectivity index (χ1v) is 5.95. The topological polar surface area (TPSA) is 58.6 Å². The van der Waals surface area contributed by atoms with Crippen LogP contribution in [0.15, 0.2) is 30.3 Å². The van der Waals surface area contributed by atoms with Crippen LogP contribution >= 0.6 is 0 Å². The fourth-order valence-corrected chi connectivity index (χ4v) is 1.34. The van der Waals surface area contributed by atoms with Crippen molar-refractivity contribution in [2.24, 2.45) is 0 Å². The maximum atomic E-state index is 11.3. The minimum absolute atomic E-state index is 0.0547. The molecule has 0 aromatic heterocycles. The van der Waals surface area contributed by atoms with Crippen molar-refractivity contribution < 1.29 is 14.6 Å². The first kappa shape index (κ1) is 14.3. The molecule has 0 aliphatic rings. The van der Waals surface area contributed by atoms with E-state index in [1.807, 2.05) is 38.1 Å². The summed E-state index contributed by atoms with van der Waals surface area (Å²) in [4.78, 5) is 11.3. The van der Waals surface area contributed by atoms with E-state index in [1.165, 1.54) is 6.08 Å². The molecule has 4 nitrogen and oxygen atoms in total. The van der Waals surface area contributed by atoms with Gasteiger partial charge in [-0.25, -0.2) is 0 Å². The third-order valence-corrected chi connectivity index (χ3v) is 2.09. The van der Waals surface area contributed by atoms with E-state index in [0.717, 1.165) is 11.3 Å². The highest BCUT2D eigenvalue weighted by molar-refractivity contribution is 5.91. The lowest BCUT2D eigenvalue weighted by molar-refractivity contribution is -0.116. The zero-order valence-electron chi connectivity index (χ0n) is 10.7. The van der Waals surface area contributed by atoms with Gasteiger partial charge in [-0.3, -0.25) is 4.79 Å². The number of carbonyl (C=O) groups excluding carboxylic acids is 1. The van der Waals surface area contributed by atoms with Gasteiger partial charge in [0.2, 0.25) is 5.91 Å². The van der Waals surface area contributed by atoms with Gasteiger partial charge in [-0.15, -0.1) is 0 Å². The van der Waals surface area contributed by atoms with Crippen LogP contribution in [0.1, 0.15) is 19.4 Å². The average Bonchev–Trinajstić information content (AvgIpc) is 2.35. The first-order valence-electron chi connectivity index (χ1n) is 5.95. The van der Waals surface area contributed by atoms with Crippen LogP contribution in [0.5, 0.6) is 5.75 Å². The summed E-state index contributed by atoms with van der Waals surface area (Å²) < 4.78 is 5.52. The molecule has 2 N–H and O–H groups in total. The Morgan fingerprint density at radius 2 is 2.06 bits per heavy atom. The Bertz CT molecular complexity index is 396. The second-order valence-electron chi connectivity index (χ2n) is 4.08. The Morgan fingerprint density at radius 3 is 2.61 bits per heavy atom. The predicted molar refractivity (Wildman–Crippen MR) is 71.3 cm³/mol. The number of aliphatic hydroxyl groups is 1. The van der Waals surface area contributed by atoms with E-state index < -0.39 is 0 Å². The highest BCUT2D eigenvalue weighted by Crippen LogP contribution is 2.14. The monoisotopic (exact) mass is 249 g/mol. The number of ether oxygens (including phenoxy) is 1. The van der Waals surface area contributed by atoms with E-state index in [9.17, 15) is 4.79 Å². The smallest absolute Gasteiger partial charge is 0.244 e. The van der Waals surface area contributed by atoms with Crippen LogP contribution in [0, 0.1) is 0 Å². The number of hydrogen-bond acceptors (Lipinski definition) is 3. The standard InChI is InChI=1S/C14H19NO3/c1-11(2)18-13-6-3-12(4-7-13)5-8-14(17)15-9-10-16/h3-8,11,16H,9-10H2,1-2H3,(H,15,17)/b8-5-. The number of benzene rings is 1. The number of hydrogen-bond donors (Lipinski definition) is 2. The van der Waals surface area contributed by atoms with Crippen molar-refractivity contribution in [2.75, 3.05) is 13.2 Å². The summed E-state index contributed by atoms with van der Waals surface area (Å²) >= 11 is 0. The van der Waals surface area contributed by atoms with Crippen molar-refractivity contribution >= 4 is 12.0 Å². The van der Waals surface area contributed by atoms with Gasteiger partial charge < -0.3 is 15.2 Å². The lowest BCUT2D eigenvalue weighted by atomic mass is 10.2. The zero-order valence-corrected chi connectivity index (χ0v) is 10.7. The van der Waals surface area contributed by atoms with E-state index >= 15 is 0 Å². The molecule has 0 saturated heterocycles. The van der Waals surface area contributed by atoms with Crippen molar-refractivity contribution in [3.8, 4) is 5.75 Å². The van der Waals surface area contributed by atoms with E-state index in [4.69, 9.17) is 9.84 Å². The molecule has 1 aromatic carbocycles. The molecule has 0 unspecified atom stereocenters. The van der Waals surface area contributed by atoms with E-state index in [2.05, 4.69) is 5.32 Å². The average molecular weight is 249 g/mol. The number of carbonyl (C=O) groups is 1. The Morgan fingerprint density at radius 1 is 1.39 bits per heavy atom. The van der Waals surface area contributed by atoms with Crippen LogP contribution in [-0.4, -0.2) is 30.3 Å². The summed E-state index contributed by atoms with van der Waals surface area (Å²) in [5, 5.41) is 11.1. The van der Waals surface area contributed by atoms with Crippen molar-refractivity contribution in [1.29, 1.82) is 0 Å². The molecule has 0 spiro atoms. The maximum Gasteiger partial charge on any atom is 0.244 e. The van der Waals surface area contributed by atoms with Crippen molar-refractivity contribution in [1.82, 2.24) is 5.32 Å². The molecule has 0 bridgehead atoms. The van der Waals surface area contributed by atoms with E-state index in [1.54, 1.807) is 6.08 Å². The van der Waals surface area contributed by atoms with Gasteiger partial charge in [0.15, 0.2) is 0 Å². The molecule has 0 aliphatic carbocycles. The normalized spacial score (nSPS) is 10.9. The van der Waals surface area contributed by atoms with Gasteiger partial charge in [0.25, 0.3) is 0 Å². The quantitative estimate of drug-likeness (QED) is 0.753. The number of amides is 1. The molecule has 0 atom stereocenters. The van der Waals surface area contributed by atoms with Gasteiger partial charge in [-0.05, 0) is 37.6 Å². The molecule has 0 heterocycles. The van der Waals surface area contributed by atoms with Gasteiger partial charge in [-0.2, -0.15) is 0 Å². The van der Waals surface area contributed by atoms with Crippen molar-refractivity contribution in [3.63, 3.8) is 0 Å². The Labute approximate surface area is 107 Å². The van der Waals surface area contributed by atoms with Crippen molar-refractivity contribution in [2.45, 2.75) is 20.0 Å². The fraction of sp³-hybridized carbons (Fsp3) is 0.357. The van der Waals surface area contributed by atoms with Crippen LogP contribution in [0.4, 0.5) is 0 Å². The predicted octanol–water partition coefficient (Wildman–Crippen LogP) is 1.60. The lowest BCUT2D eigenvalue weighted by Crippen LogP contribution is -2.24. The number of nitrogens with one attached hydrogen (secondary N) is 1. The molecule has 1 aromatic rings. The molecule has 0 saturated carbocycles. The summed E-state index contributed by atoms with van der Waals surface area (Å²) in [6, 6.07) is 7.50. The SMILES string of the molecule is CC(C)Oc1ccc(/C=C\C(=O)NCCO)cc1. The summed E-state index contributed by atoms with van der Waals surface area (Å²) in [6.07, 6.45) is 3.30. The maximum absolute atomic E-state index is 11.3. The second kappa shape index (κ2) is 7.50. The Balaban J connectivity index is 2.52.